The quantitative estimate of drug-likeness (QED) is 0.598. The molecule has 2 heteroatoms. The normalized spacial score (nSPS) is 30.9. The van der Waals surface area contributed by atoms with Gasteiger partial charge in [-0.25, -0.2) is 0 Å². The molecule has 0 unspecified atom stereocenters. The fraction of sp³-hybridized carbons (Fsp3) is 0.667. The molecule has 1 aliphatic carbocycles. The van der Waals surface area contributed by atoms with Gasteiger partial charge < -0.3 is 0 Å². The van der Waals surface area contributed by atoms with Gasteiger partial charge in [-0.15, -0.1) is 0 Å². The summed E-state index contributed by atoms with van der Waals surface area (Å²) in [5.41, 5.74) is 0.632. The van der Waals surface area contributed by atoms with Crippen LogP contribution in [0.1, 0.15) is 33.6 Å². The number of carbonyl (C=O) groups excluding carboxylic acids is 1. The van der Waals surface area contributed by atoms with E-state index in [1.54, 1.807) is 0 Å². The molecule has 1 aliphatic rings. The second-order valence-corrected chi connectivity index (χ2v) is 4.85. The summed E-state index contributed by atoms with van der Waals surface area (Å²) in [4.78, 5) is 11.9. The average molecular weight is 191 g/mol. The molecule has 0 radical (unpaired) electrons. The Morgan fingerprint density at radius 2 is 2.21 bits per heavy atom. The van der Waals surface area contributed by atoms with Crippen LogP contribution in [0.2, 0.25) is 0 Å². The summed E-state index contributed by atoms with van der Waals surface area (Å²) in [7, 11) is 0. The van der Waals surface area contributed by atoms with E-state index >= 15 is 0 Å². The SMILES string of the molecule is C=C(C)[C@@H]1CCC(C)(C)C(=O)[C@@H]1C#N. The van der Waals surface area contributed by atoms with E-state index in [1.165, 1.54) is 0 Å². The van der Waals surface area contributed by atoms with Crippen LogP contribution < -0.4 is 0 Å². The molecule has 2 atom stereocenters. The topological polar surface area (TPSA) is 40.9 Å². The molecule has 0 heterocycles. The van der Waals surface area contributed by atoms with Crippen LogP contribution >= 0.6 is 0 Å². The second-order valence-electron chi connectivity index (χ2n) is 4.85. The summed E-state index contributed by atoms with van der Waals surface area (Å²) < 4.78 is 0. The Hall–Kier alpha value is -1.10. The van der Waals surface area contributed by atoms with Gasteiger partial charge in [0.05, 0.1) is 6.07 Å². The Bertz CT molecular complexity index is 309. The summed E-state index contributed by atoms with van der Waals surface area (Å²) in [6.07, 6.45) is 1.77. The zero-order valence-electron chi connectivity index (χ0n) is 9.13. The monoisotopic (exact) mass is 191 g/mol. The number of rotatable bonds is 1. The molecule has 0 spiro atoms. The highest BCUT2D eigenvalue weighted by molar-refractivity contribution is 5.89. The first-order valence-electron chi connectivity index (χ1n) is 4.99. The van der Waals surface area contributed by atoms with Crippen LogP contribution in [-0.2, 0) is 4.79 Å². The van der Waals surface area contributed by atoms with Crippen LogP contribution in [-0.4, -0.2) is 5.78 Å². The predicted molar refractivity (Wildman–Crippen MR) is 55.4 cm³/mol. The molecule has 1 saturated carbocycles. The molecule has 0 aliphatic heterocycles. The van der Waals surface area contributed by atoms with Crippen molar-refractivity contribution in [3.63, 3.8) is 0 Å². The smallest absolute Gasteiger partial charge is 0.156 e. The van der Waals surface area contributed by atoms with Crippen molar-refractivity contribution in [2.45, 2.75) is 33.6 Å². The first kappa shape index (κ1) is 11.0. The highest BCUT2D eigenvalue weighted by Crippen LogP contribution is 2.41. The third-order valence-electron chi connectivity index (χ3n) is 3.20. The standard InChI is InChI=1S/C12H17NO/c1-8(2)9-5-6-12(3,4)11(14)10(9)7-13/h9-10H,1,5-6H2,2-4H3/t9-,10+/m0/s1. The molecule has 76 valence electrons. The minimum Gasteiger partial charge on any atom is -0.298 e. The van der Waals surface area contributed by atoms with Gasteiger partial charge in [-0.3, -0.25) is 4.79 Å². The van der Waals surface area contributed by atoms with Gasteiger partial charge in [-0.1, -0.05) is 26.0 Å². The molecule has 0 aromatic rings. The van der Waals surface area contributed by atoms with Crippen LogP contribution in [0.15, 0.2) is 12.2 Å². The molecular weight excluding hydrogens is 174 g/mol. The van der Waals surface area contributed by atoms with Crippen LogP contribution in [0.25, 0.3) is 0 Å². The van der Waals surface area contributed by atoms with Crippen molar-refractivity contribution in [1.82, 2.24) is 0 Å². The molecule has 0 amide bonds. The lowest BCUT2D eigenvalue weighted by atomic mass is 9.65. The fourth-order valence-corrected chi connectivity index (χ4v) is 2.09. The minimum atomic E-state index is -0.476. The van der Waals surface area contributed by atoms with Crippen LogP contribution in [0, 0.1) is 28.6 Å². The van der Waals surface area contributed by atoms with Gasteiger partial charge in [-0.2, -0.15) is 5.26 Å². The van der Waals surface area contributed by atoms with E-state index in [0.717, 1.165) is 18.4 Å². The van der Waals surface area contributed by atoms with E-state index in [2.05, 4.69) is 12.6 Å². The van der Waals surface area contributed by atoms with Crippen molar-refractivity contribution >= 4 is 5.78 Å². The number of hydrogen-bond acceptors (Lipinski definition) is 2. The van der Waals surface area contributed by atoms with E-state index in [0.29, 0.717) is 0 Å². The Morgan fingerprint density at radius 3 is 2.64 bits per heavy atom. The second kappa shape index (κ2) is 3.57. The first-order chi connectivity index (χ1) is 6.40. The molecular formula is C12H17NO. The maximum absolute atomic E-state index is 11.9. The van der Waals surface area contributed by atoms with E-state index < -0.39 is 5.92 Å². The number of hydrogen-bond donors (Lipinski definition) is 0. The third-order valence-corrected chi connectivity index (χ3v) is 3.20. The van der Waals surface area contributed by atoms with Gasteiger partial charge in [0.1, 0.15) is 5.92 Å². The Labute approximate surface area is 85.6 Å². The summed E-state index contributed by atoms with van der Waals surface area (Å²) >= 11 is 0. The summed E-state index contributed by atoms with van der Waals surface area (Å²) in [6, 6.07) is 2.13. The van der Waals surface area contributed by atoms with E-state index in [4.69, 9.17) is 5.26 Å². The van der Waals surface area contributed by atoms with Crippen molar-refractivity contribution in [2.75, 3.05) is 0 Å². The lowest BCUT2D eigenvalue weighted by Gasteiger charge is -2.36. The number of nitriles is 1. The van der Waals surface area contributed by atoms with Crippen LogP contribution in [0.4, 0.5) is 0 Å². The van der Waals surface area contributed by atoms with Crippen LogP contribution in [0.3, 0.4) is 0 Å². The maximum Gasteiger partial charge on any atom is 0.156 e. The van der Waals surface area contributed by atoms with Gasteiger partial charge in [0.2, 0.25) is 0 Å². The third kappa shape index (κ3) is 1.72. The summed E-state index contributed by atoms with van der Waals surface area (Å²) in [5, 5.41) is 9.00. The van der Waals surface area contributed by atoms with Crippen LogP contribution in [0.5, 0.6) is 0 Å². The maximum atomic E-state index is 11.9. The van der Waals surface area contributed by atoms with Crippen molar-refractivity contribution in [3.8, 4) is 6.07 Å². The van der Waals surface area contributed by atoms with Crippen molar-refractivity contribution in [1.29, 1.82) is 5.26 Å². The Kier molecular flexibility index (Phi) is 2.80. The van der Waals surface area contributed by atoms with Gasteiger partial charge in [-0.05, 0) is 19.8 Å². The fourth-order valence-electron chi connectivity index (χ4n) is 2.09. The number of allylic oxidation sites excluding steroid dienone is 1. The average Bonchev–Trinajstić information content (AvgIpc) is 2.09. The molecule has 2 nitrogen and oxygen atoms in total. The van der Waals surface area contributed by atoms with Crippen molar-refractivity contribution in [2.24, 2.45) is 17.3 Å². The van der Waals surface area contributed by atoms with Gasteiger partial charge >= 0.3 is 0 Å². The van der Waals surface area contributed by atoms with Crippen molar-refractivity contribution in [3.05, 3.63) is 12.2 Å². The molecule has 0 aromatic carbocycles. The first-order valence-corrected chi connectivity index (χ1v) is 4.99. The predicted octanol–water partition coefficient (Wildman–Crippen LogP) is 2.71. The summed E-state index contributed by atoms with van der Waals surface area (Å²) in [5.74, 6) is -0.323. The zero-order valence-corrected chi connectivity index (χ0v) is 9.13. The zero-order chi connectivity index (χ0) is 10.9. The molecule has 0 aromatic heterocycles. The van der Waals surface area contributed by atoms with Gasteiger partial charge in [0.15, 0.2) is 5.78 Å². The largest absolute Gasteiger partial charge is 0.298 e. The molecule has 1 rings (SSSR count). The lowest BCUT2D eigenvalue weighted by molar-refractivity contribution is -0.133. The molecule has 14 heavy (non-hydrogen) atoms. The minimum absolute atomic E-state index is 0.0699. The lowest BCUT2D eigenvalue weighted by Crippen LogP contribution is -2.40. The Balaban J connectivity index is 2.96. The van der Waals surface area contributed by atoms with Gasteiger partial charge in [0.25, 0.3) is 0 Å². The van der Waals surface area contributed by atoms with E-state index in [-0.39, 0.29) is 17.1 Å². The van der Waals surface area contributed by atoms with E-state index in [9.17, 15) is 4.79 Å². The summed E-state index contributed by atoms with van der Waals surface area (Å²) in [6.45, 7) is 9.61. The molecule has 1 fully saturated rings. The highest BCUT2D eigenvalue weighted by atomic mass is 16.1. The molecule has 0 N–H and O–H groups in total. The number of nitrogens with zero attached hydrogens (tertiary/aromatic N) is 1. The van der Waals surface area contributed by atoms with Crippen molar-refractivity contribution < 1.29 is 4.79 Å². The number of ketones is 1. The molecule has 0 saturated heterocycles. The Morgan fingerprint density at radius 1 is 1.64 bits per heavy atom. The number of carbonyl (C=O) groups is 1. The highest BCUT2D eigenvalue weighted by Gasteiger charge is 2.43. The molecule has 0 bridgehead atoms. The van der Waals surface area contributed by atoms with E-state index in [1.807, 2.05) is 20.8 Å². The number of Topliss-reactive ketones (excluding diaryl/α,β-unsaturated/α-hetero) is 1. The van der Waals surface area contributed by atoms with Gasteiger partial charge in [0, 0.05) is 11.3 Å².